The van der Waals surface area contributed by atoms with E-state index in [1.807, 2.05) is 6.07 Å². The number of rotatable bonds is 2. The van der Waals surface area contributed by atoms with E-state index in [9.17, 15) is 0 Å². The maximum Gasteiger partial charge on any atom is 0.0422 e. The zero-order valence-electron chi connectivity index (χ0n) is 10.1. The zero-order chi connectivity index (χ0) is 11.5. The molecule has 0 spiro atoms. The van der Waals surface area contributed by atoms with Crippen LogP contribution in [0.3, 0.4) is 0 Å². The Bertz CT molecular complexity index is 492. The summed E-state index contributed by atoms with van der Waals surface area (Å²) in [6.07, 6.45) is 6.77. The number of hydrogen-bond acceptors (Lipinski definition) is 1. The first kappa shape index (κ1) is 10.6. The van der Waals surface area contributed by atoms with Crippen molar-refractivity contribution >= 4 is 16.5 Å². The van der Waals surface area contributed by atoms with Crippen molar-refractivity contribution in [3.8, 4) is 0 Å². The normalized spacial score (nSPS) is 17.2. The summed E-state index contributed by atoms with van der Waals surface area (Å²) in [5.41, 5.74) is 1.27. The van der Waals surface area contributed by atoms with Crippen LogP contribution in [0.2, 0.25) is 0 Å². The highest BCUT2D eigenvalue weighted by atomic mass is 14.9. The first-order chi connectivity index (χ1) is 8.43. The Kier molecular flexibility index (Phi) is 3.00. The van der Waals surface area contributed by atoms with Crippen LogP contribution < -0.4 is 5.32 Å². The lowest BCUT2D eigenvalue weighted by Gasteiger charge is -2.24. The fraction of sp³-hybridized carbons (Fsp3) is 0.375. The number of fused-ring (bicyclic) bond motifs is 1. The Morgan fingerprint density at radius 2 is 1.82 bits per heavy atom. The van der Waals surface area contributed by atoms with E-state index in [1.165, 1.54) is 48.6 Å². The second kappa shape index (κ2) is 4.79. The fourth-order valence-corrected chi connectivity index (χ4v) is 2.74. The van der Waals surface area contributed by atoms with Crippen molar-refractivity contribution in [2.24, 2.45) is 0 Å². The monoisotopic (exact) mass is 224 g/mol. The average molecular weight is 224 g/mol. The molecule has 17 heavy (non-hydrogen) atoms. The SMILES string of the molecule is [c]1ccc(NC2CCCCC2)c2ccccc12. The van der Waals surface area contributed by atoms with Crippen molar-refractivity contribution < 1.29 is 0 Å². The molecule has 3 rings (SSSR count). The van der Waals surface area contributed by atoms with E-state index in [4.69, 9.17) is 0 Å². The summed E-state index contributed by atoms with van der Waals surface area (Å²) in [7, 11) is 0. The van der Waals surface area contributed by atoms with E-state index in [0.717, 1.165) is 0 Å². The molecule has 0 unspecified atom stereocenters. The molecule has 1 saturated carbocycles. The van der Waals surface area contributed by atoms with Gasteiger partial charge in [-0.15, -0.1) is 0 Å². The molecule has 87 valence electrons. The minimum absolute atomic E-state index is 0.662. The summed E-state index contributed by atoms with van der Waals surface area (Å²) in [4.78, 5) is 0. The van der Waals surface area contributed by atoms with Gasteiger partial charge in [0.05, 0.1) is 0 Å². The molecule has 0 atom stereocenters. The van der Waals surface area contributed by atoms with Crippen molar-refractivity contribution in [3.63, 3.8) is 0 Å². The number of nitrogens with one attached hydrogen (secondary N) is 1. The molecular weight excluding hydrogens is 206 g/mol. The molecule has 0 aliphatic heterocycles. The second-order valence-electron chi connectivity index (χ2n) is 4.92. The molecule has 0 bridgehead atoms. The van der Waals surface area contributed by atoms with E-state index in [0.29, 0.717) is 6.04 Å². The minimum Gasteiger partial charge on any atom is -0.382 e. The Morgan fingerprint density at radius 1 is 1.00 bits per heavy atom. The summed E-state index contributed by atoms with van der Waals surface area (Å²) in [6, 6.07) is 16.6. The predicted molar refractivity (Wildman–Crippen MR) is 73.3 cm³/mol. The van der Waals surface area contributed by atoms with Crippen molar-refractivity contribution in [1.82, 2.24) is 0 Å². The van der Waals surface area contributed by atoms with Crippen LogP contribution in [0.25, 0.3) is 10.8 Å². The summed E-state index contributed by atoms with van der Waals surface area (Å²) in [5, 5.41) is 6.20. The van der Waals surface area contributed by atoms with Gasteiger partial charge in [0.2, 0.25) is 0 Å². The molecule has 1 aliphatic carbocycles. The Balaban J connectivity index is 1.89. The lowest BCUT2D eigenvalue weighted by Crippen LogP contribution is -2.22. The molecule has 0 heterocycles. The van der Waals surface area contributed by atoms with Crippen molar-refractivity contribution in [1.29, 1.82) is 0 Å². The molecule has 0 aromatic heterocycles. The number of hydrogen-bond donors (Lipinski definition) is 1. The quantitative estimate of drug-likeness (QED) is 0.798. The van der Waals surface area contributed by atoms with Crippen LogP contribution in [0, 0.1) is 6.07 Å². The van der Waals surface area contributed by atoms with Gasteiger partial charge < -0.3 is 5.32 Å². The van der Waals surface area contributed by atoms with E-state index < -0.39 is 0 Å². The first-order valence-corrected chi connectivity index (χ1v) is 6.59. The van der Waals surface area contributed by atoms with Crippen LogP contribution in [0.5, 0.6) is 0 Å². The lowest BCUT2D eigenvalue weighted by atomic mass is 9.95. The van der Waals surface area contributed by atoms with Gasteiger partial charge in [0.1, 0.15) is 0 Å². The van der Waals surface area contributed by atoms with Gasteiger partial charge in [-0.2, -0.15) is 0 Å². The number of anilines is 1. The van der Waals surface area contributed by atoms with Crippen LogP contribution in [0.4, 0.5) is 5.69 Å². The fourth-order valence-electron chi connectivity index (χ4n) is 2.74. The van der Waals surface area contributed by atoms with E-state index in [-0.39, 0.29) is 0 Å². The highest BCUT2D eigenvalue weighted by molar-refractivity contribution is 5.93. The Hall–Kier alpha value is -1.50. The standard InChI is InChI=1S/C16H18N/c1-2-9-14(10-3-1)17-16-12-6-8-13-7-4-5-11-15(13)16/h4-7,11-12,14,17H,1-3,9-10H2. The van der Waals surface area contributed by atoms with Gasteiger partial charge in [-0.25, -0.2) is 0 Å². The van der Waals surface area contributed by atoms with Gasteiger partial charge in [0.25, 0.3) is 0 Å². The van der Waals surface area contributed by atoms with Gasteiger partial charge in [-0.05, 0) is 30.4 Å². The molecule has 2 aromatic rings. The summed E-state index contributed by atoms with van der Waals surface area (Å²) in [6.45, 7) is 0. The van der Waals surface area contributed by atoms with E-state index in [2.05, 4.69) is 41.7 Å². The van der Waals surface area contributed by atoms with Crippen LogP contribution >= 0.6 is 0 Å². The third-order valence-electron chi connectivity index (χ3n) is 3.67. The summed E-state index contributed by atoms with van der Waals surface area (Å²) < 4.78 is 0. The maximum absolute atomic E-state index is 3.70. The minimum atomic E-state index is 0.662. The van der Waals surface area contributed by atoms with Gasteiger partial charge in [0, 0.05) is 17.1 Å². The molecular formula is C16H18N. The Labute approximate surface area is 103 Å². The smallest absolute Gasteiger partial charge is 0.0422 e. The third-order valence-corrected chi connectivity index (χ3v) is 3.67. The van der Waals surface area contributed by atoms with E-state index >= 15 is 0 Å². The maximum atomic E-state index is 3.70. The zero-order valence-corrected chi connectivity index (χ0v) is 10.1. The molecule has 1 fully saturated rings. The second-order valence-corrected chi connectivity index (χ2v) is 4.92. The Morgan fingerprint density at radius 3 is 2.71 bits per heavy atom. The average Bonchev–Trinajstić information content (AvgIpc) is 2.40. The van der Waals surface area contributed by atoms with Gasteiger partial charge in [-0.1, -0.05) is 49.6 Å². The molecule has 2 aromatic carbocycles. The molecule has 1 N–H and O–H groups in total. The molecule has 1 radical (unpaired) electrons. The number of benzene rings is 2. The molecule has 1 nitrogen and oxygen atoms in total. The van der Waals surface area contributed by atoms with Crippen LogP contribution in [0.1, 0.15) is 32.1 Å². The predicted octanol–water partition coefficient (Wildman–Crippen LogP) is 4.38. The third kappa shape index (κ3) is 2.28. The van der Waals surface area contributed by atoms with Crippen LogP contribution in [-0.4, -0.2) is 6.04 Å². The van der Waals surface area contributed by atoms with Gasteiger partial charge in [-0.3, -0.25) is 0 Å². The lowest BCUT2D eigenvalue weighted by molar-refractivity contribution is 0.463. The molecule has 0 amide bonds. The van der Waals surface area contributed by atoms with Crippen molar-refractivity contribution in [2.45, 2.75) is 38.1 Å². The topological polar surface area (TPSA) is 12.0 Å². The molecule has 1 aliphatic rings. The van der Waals surface area contributed by atoms with Gasteiger partial charge >= 0.3 is 0 Å². The highest BCUT2D eigenvalue weighted by Gasteiger charge is 2.13. The first-order valence-electron chi connectivity index (χ1n) is 6.59. The largest absolute Gasteiger partial charge is 0.382 e. The van der Waals surface area contributed by atoms with Crippen molar-refractivity contribution in [3.05, 3.63) is 42.5 Å². The summed E-state index contributed by atoms with van der Waals surface area (Å²) >= 11 is 0. The van der Waals surface area contributed by atoms with Crippen LogP contribution in [-0.2, 0) is 0 Å². The van der Waals surface area contributed by atoms with E-state index in [1.54, 1.807) is 0 Å². The highest BCUT2D eigenvalue weighted by Crippen LogP contribution is 2.26. The van der Waals surface area contributed by atoms with Crippen molar-refractivity contribution in [2.75, 3.05) is 5.32 Å². The summed E-state index contributed by atoms with van der Waals surface area (Å²) in [5.74, 6) is 0. The molecule has 0 saturated heterocycles. The van der Waals surface area contributed by atoms with Crippen LogP contribution in [0.15, 0.2) is 36.4 Å². The molecule has 1 heteroatoms. The van der Waals surface area contributed by atoms with Gasteiger partial charge in [0.15, 0.2) is 0 Å².